The SMILES string of the molecule is COCCOCCc1noc(CC(N)C2CC2)n1. The van der Waals surface area contributed by atoms with E-state index in [1.807, 2.05) is 0 Å². The van der Waals surface area contributed by atoms with Crippen molar-refractivity contribution in [2.24, 2.45) is 11.7 Å². The fraction of sp³-hybridized carbons (Fsp3) is 0.833. The number of ether oxygens (including phenoxy) is 2. The van der Waals surface area contributed by atoms with E-state index in [9.17, 15) is 0 Å². The summed E-state index contributed by atoms with van der Waals surface area (Å²) in [6.07, 6.45) is 3.80. The van der Waals surface area contributed by atoms with Gasteiger partial charge in [0.25, 0.3) is 0 Å². The first-order chi connectivity index (χ1) is 8.79. The maximum Gasteiger partial charge on any atom is 0.228 e. The van der Waals surface area contributed by atoms with E-state index >= 15 is 0 Å². The van der Waals surface area contributed by atoms with Crippen molar-refractivity contribution in [1.82, 2.24) is 10.1 Å². The number of aromatic nitrogens is 2. The van der Waals surface area contributed by atoms with Crippen LogP contribution in [0.2, 0.25) is 0 Å². The highest BCUT2D eigenvalue weighted by Gasteiger charge is 2.29. The second-order valence-corrected chi connectivity index (χ2v) is 4.66. The number of rotatable bonds is 9. The van der Waals surface area contributed by atoms with Crippen molar-refractivity contribution in [3.63, 3.8) is 0 Å². The van der Waals surface area contributed by atoms with Crippen LogP contribution in [0.5, 0.6) is 0 Å². The first-order valence-electron chi connectivity index (χ1n) is 6.43. The lowest BCUT2D eigenvalue weighted by molar-refractivity contribution is 0.0714. The van der Waals surface area contributed by atoms with Gasteiger partial charge < -0.3 is 19.7 Å². The summed E-state index contributed by atoms with van der Waals surface area (Å²) >= 11 is 0. The first kappa shape index (κ1) is 13.5. The number of hydrogen-bond donors (Lipinski definition) is 1. The number of nitrogens with two attached hydrogens (primary N) is 1. The Kier molecular flexibility index (Phi) is 5.10. The molecule has 1 saturated carbocycles. The highest BCUT2D eigenvalue weighted by atomic mass is 16.5. The van der Waals surface area contributed by atoms with Crippen LogP contribution in [0.1, 0.15) is 24.6 Å². The van der Waals surface area contributed by atoms with Crippen LogP contribution in [0, 0.1) is 5.92 Å². The highest BCUT2D eigenvalue weighted by Crippen LogP contribution is 2.32. The molecule has 0 radical (unpaired) electrons. The summed E-state index contributed by atoms with van der Waals surface area (Å²) in [5.74, 6) is 1.98. The van der Waals surface area contributed by atoms with Gasteiger partial charge in [-0.25, -0.2) is 0 Å². The van der Waals surface area contributed by atoms with Crippen LogP contribution in [0.15, 0.2) is 4.52 Å². The highest BCUT2D eigenvalue weighted by molar-refractivity contribution is 4.93. The van der Waals surface area contributed by atoms with Crippen LogP contribution >= 0.6 is 0 Å². The minimum Gasteiger partial charge on any atom is -0.382 e. The molecule has 102 valence electrons. The number of nitrogens with zero attached hydrogens (tertiary/aromatic N) is 2. The third kappa shape index (κ3) is 4.36. The molecule has 1 aliphatic carbocycles. The Morgan fingerprint density at radius 1 is 1.39 bits per heavy atom. The van der Waals surface area contributed by atoms with E-state index in [0.717, 1.165) is 0 Å². The molecule has 6 nitrogen and oxygen atoms in total. The minimum absolute atomic E-state index is 0.163. The van der Waals surface area contributed by atoms with Gasteiger partial charge in [-0.2, -0.15) is 4.98 Å². The van der Waals surface area contributed by atoms with Gasteiger partial charge in [0.1, 0.15) is 0 Å². The number of hydrogen-bond acceptors (Lipinski definition) is 6. The van der Waals surface area contributed by atoms with Gasteiger partial charge in [0, 0.05) is 26.0 Å². The van der Waals surface area contributed by atoms with Crippen molar-refractivity contribution in [2.75, 3.05) is 26.9 Å². The third-order valence-electron chi connectivity index (χ3n) is 3.05. The Morgan fingerprint density at radius 2 is 2.22 bits per heavy atom. The molecule has 1 heterocycles. The van der Waals surface area contributed by atoms with Gasteiger partial charge >= 0.3 is 0 Å². The minimum atomic E-state index is 0.163. The Balaban J connectivity index is 1.65. The van der Waals surface area contributed by atoms with Crippen molar-refractivity contribution < 1.29 is 14.0 Å². The summed E-state index contributed by atoms with van der Waals surface area (Å²) in [5, 5.41) is 3.91. The first-order valence-corrected chi connectivity index (χ1v) is 6.43. The summed E-state index contributed by atoms with van der Waals surface area (Å²) in [6, 6.07) is 0.163. The lowest BCUT2D eigenvalue weighted by Gasteiger charge is -2.04. The third-order valence-corrected chi connectivity index (χ3v) is 3.05. The Bertz CT molecular complexity index is 352. The second-order valence-electron chi connectivity index (χ2n) is 4.66. The molecule has 1 aromatic rings. The van der Waals surface area contributed by atoms with Crippen LogP contribution in [-0.4, -0.2) is 43.1 Å². The smallest absolute Gasteiger partial charge is 0.228 e. The average Bonchev–Trinajstić information content (AvgIpc) is 3.12. The van der Waals surface area contributed by atoms with Gasteiger partial charge in [0.2, 0.25) is 5.89 Å². The van der Waals surface area contributed by atoms with E-state index in [1.54, 1.807) is 7.11 Å². The molecule has 0 spiro atoms. The maximum atomic E-state index is 6.01. The van der Waals surface area contributed by atoms with Gasteiger partial charge in [-0.3, -0.25) is 0 Å². The van der Waals surface area contributed by atoms with Gasteiger partial charge in [-0.15, -0.1) is 0 Å². The number of methoxy groups -OCH3 is 1. The Labute approximate surface area is 107 Å². The van der Waals surface area contributed by atoms with E-state index in [4.69, 9.17) is 19.7 Å². The standard InChI is InChI=1S/C12H21N3O3/c1-16-6-7-17-5-4-11-14-12(18-15-11)8-10(13)9-2-3-9/h9-10H,2-8,13H2,1H3. The molecule has 1 atom stereocenters. The van der Waals surface area contributed by atoms with Crippen molar-refractivity contribution in [1.29, 1.82) is 0 Å². The fourth-order valence-corrected chi connectivity index (χ4v) is 1.78. The summed E-state index contributed by atoms with van der Waals surface area (Å²) < 4.78 is 15.4. The molecule has 0 aromatic carbocycles. The van der Waals surface area contributed by atoms with Gasteiger partial charge in [-0.1, -0.05) is 5.16 Å². The zero-order valence-corrected chi connectivity index (χ0v) is 10.8. The molecule has 0 bridgehead atoms. The second kappa shape index (κ2) is 6.82. The zero-order chi connectivity index (χ0) is 12.8. The quantitative estimate of drug-likeness (QED) is 0.649. The normalized spacial score (nSPS) is 17.0. The molecular formula is C12H21N3O3. The molecule has 18 heavy (non-hydrogen) atoms. The van der Waals surface area contributed by atoms with Crippen LogP contribution in [0.3, 0.4) is 0 Å². The Hall–Kier alpha value is -0.980. The molecule has 1 aromatic heterocycles. The topological polar surface area (TPSA) is 83.4 Å². The maximum absolute atomic E-state index is 6.01. The van der Waals surface area contributed by atoms with Crippen molar-refractivity contribution in [3.8, 4) is 0 Å². The molecule has 2 N–H and O–H groups in total. The zero-order valence-electron chi connectivity index (χ0n) is 10.8. The van der Waals surface area contributed by atoms with E-state index in [0.29, 0.717) is 50.3 Å². The van der Waals surface area contributed by atoms with Crippen LogP contribution in [0.4, 0.5) is 0 Å². The lowest BCUT2D eigenvalue weighted by atomic mass is 10.1. The summed E-state index contributed by atoms with van der Waals surface area (Å²) in [6.45, 7) is 1.78. The van der Waals surface area contributed by atoms with Crippen molar-refractivity contribution in [3.05, 3.63) is 11.7 Å². The molecule has 2 rings (SSSR count). The monoisotopic (exact) mass is 255 g/mol. The molecule has 0 amide bonds. The van der Waals surface area contributed by atoms with Gasteiger partial charge in [-0.05, 0) is 18.8 Å². The van der Waals surface area contributed by atoms with E-state index in [2.05, 4.69) is 10.1 Å². The van der Waals surface area contributed by atoms with Gasteiger partial charge in [0.05, 0.1) is 19.8 Å². The summed E-state index contributed by atoms with van der Waals surface area (Å²) in [7, 11) is 1.65. The summed E-state index contributed by atoms with van der Waals surface area (Å²) in [4.78, 5) is 4.31. The van der Waals surface area contributed by atoms with E-state index in [-0.39, 0.29) is 6.04 Å². The molecule has 1 fully saturated rings. The van der Waals surface area contributed by atoms with Crippen molar-refractivity contribution >= 4 is 0 Å². The van der Waals surface area contributed by atoms with Gasteiger partial charge in [0.15, 0.2) is 5.82 Å². The Morgan fingerprint density at radius 3 is 2.94 bits per heavy atom. The lowest BCUT2D eigenvalue weighted by Crippen LogP contribution is -2.25. The predicted molar refractivity (Wildman–Crippen MR) is 65.1 cm³/mol. The van der Waals surface area contributed by atoms with Crippen molar-refractivity contribution in [2.45, 2.75) is 31.7 Å². The molecule has 0 aliphatic heterocycles. The fourth-order valence-electron chi connectivity index (χ4n) is 1.78. The van der Waals surface area contributed by atoms with Crippen LogP contribution < -0.4 is 5.73 Å². The molecule has 1 unspecified atom stereocenters. The van der Waals surface area contributed by atoms with E-state index < -0.39 is 0 Å². The van der Waals surface area contributed by atoms with E-state index in [1.165, 1.54) is 12.8 Å². The van der Waals surface area contributed by atoms with Crippen LogP contribution in [-0.2, 0) is 22.3 Å². The molecule has 1 aliphatic rings. The van der Waals surface area contributed by atoms with Crippen LogP contribution in [0.25, 0.3) is 0 Å². The molecule has 0 saturated heterocycles. The average molecular weight is 255 g/mol. The largest absolute Gasteiger partial charge is 0.382 e. The molecule has 6 heteroatoms. The molecular weight excluding hydrogens is 234 g/mol. The predicted octanol–water partition coefficient (Wildman–Crippen LogP) is 0.555. The summed E-state index contributed by atoms with van der Waals surface area (Å²) in [5.41, 5.74) is 6.01.